The molecular weight excluding hydrogens is 1090 g/mol. The van der Waals surface area contributed by atoms with Crippen LogP contribution in [-0.2, 0) is 32.7 Å². The molecular formula is C76H131NO8P+. The first-order chi connectivity index (χ1) is 42.0. The molecule has 10 heteroatoms. The van der Waals surface area contributed by atoms with Gasteiger partial charge in [0.1, 0.15) is 19.8 Å². The molecule has 0 fully saturated rings. The summed E-state index contributed by atoms with van der Waals surface area (Å²) in [6.07, 6.45) is 95.5. The SMILES string of the molecule is CC/C=C\C/C=C\C/C=C\C/C=C\C/C=C\C/C=C\C/C=C\C/C=C\C/C=C\C/C=C\CCCCCCCCCCC(=O)OC(COC(=O)CCCCCCCCCCCCC/C=C\CCCCCCCCCC)COP(=O)(O)OCC[N+](C)(C)C. The number of nitrogens with zero attached hydrogens (tertiary/aromatic N) is 1. The van der Waals surface area contributed by atoms with Crippen LogP contribution in [-0.4, -0.2) is 74.9 Å². The molecule has 0 spiro atoms. The molecule has 0 rings (SSSR count). The number of hydrogen-bond donors (Lipinski definition) is 1. The highest BCUT2D eigenvalue weighted by molar-refractivity contribution is 7.47. The van der Waals surface area contributed by atoms with E-state index in [2.05, 4.69) is 148 Å². The molecule has 0 radical (unpaired) electrons. The second-order valence-electron chi connectivity index (χ2n) is 24.2. The number of hydrogen-bond acceptors (Lipinski definition) is 7. The summed E-state index contributed by atoms with van der Waals surface area (Å²) in [4.78, 5) is 35.9. The second-order valence-corrected chi connectivity index (χ2v) is 25.6. The molecule has 0 aliphatic rings. The first-order valence-corrected chi connectivity index (χ1v) is 36.4. The van der Waals surface area contributed by atoms with Crippen molar-refractivity contribution in [3.63, 3.8) is 0 Å². The monoisotopic (exact) mass is 1220 g/mol. The average Bonchev–Trinajstić information content (AvgIpc) is 3.56. The van der Waals surface area contributed by atoms with E-state index in [4.69, 9.17) is 18.5 Å². The van der Waals surface area contributed by atoms with Crippen LogP contribution in [0.15, 0.2) is 134 Å². The number of unbranched alkanes of at least 4 members (excludes halogenated alkanes) is 27. The van der Waals surface area contributed by atoms with E-state index in [0.29, 0.717) is 17.4 Å². The number of ether oxygens (including phenoxy) is 2. The van der Waals surface area contributed by atoms with Crippen molar-refractivity contribution in [3.8, 4) is 0 Å². The minimum Gasteiger partial charge on any atom is -0.462 e. The zero-order chi connectivity index (χ0) is 62.6. The quantitative estimate of drug-likeness (QED) is 0.0211. The van der Waals surface area contributed by atoms with Crippen molar-refractivity contribution in [2.75, 3.05) is 47.5 Å². The van der Waals surface area contributed by atoms with Gasteiger partial charge in [0, 0.05) is 12.8 Å². The molecule has 0 aromatic carbocycles. The summed E-state index contributed by atoms with van der Waals surface area (Å²) < 4.78 is 34.7. The average molecular weight is 1220 g/mol. The molecule has 0 aliphatic carbocycles. The lowest BCUT2D eigenvalue weighted by Crippen LogP contribution is -2.37. The Labute approximate surface area is 530 Å². The molecule has 0 aromatic heterocycles. The van der Waals surface area contributed by atoms with Gasteiger partial charge in [-0.25, -0.2) is 4.57 Å². The largest absolute Gasteiger partial charge is 0.472 e. The van der Waals surface area contributed by atoms with Crippen molar-refractivity contribution >= 4 is 19.8 Å². The normalized spacial score (nSPS) is 14.0. The predicted octanol–water partition coefficient (Wildman–Crippen LogP) is 22.8. The molecule has 9 nitrogen and oxygen atoms in total. The van der Waals surface area contributed by atoms with Gasteiger partial charge in [0.25, 0.3) is 0 Å². The number of carbonyl (C=O) groups is 2. The van der Waals surface area contributed by atoms with Crippen LogP contribution in [0, 0.1) is 0 Å². The van der Waals surface area contributed by atoms with Gasteiger partial charge in [-0.1, -0.05) is 289 Å². The third-order valence-electron chi connectivity index (χ3n) is 14.7. The van der Waals surface area contributed by atoms with Gasteiger partial charge in [0.2, 0.25) is 0 Å². The van der Waals surface area contributed by atoms with Crippen molar-refractivity contribution in [3.05, 3.63) is 134 Å². The second kappa shape index (κ2) is 65.6. The number of likely N-dealkylation sites (N-methyl/N-ethyl adjacent to an activating group) is 1. The predicted molar refractivity (Wildman–Crippen MR) is 371 cm³/mol. The van der Waals surface area contributed by atoms with Gasteiger partial charge in [-0.2, -0.15) is 0 Å². The van der Waals surface area contributed by atoms with E-state index in [9.17, 15) is 19.0 Å². The van der Waals surface area contributed by atoms with Crippen molar-refractivity contribution in [2.24, 2.45) is 0 Å². The molecule has 0 bridgehead atoms. The maximum atomic E-state index is 12.9. The van der Waals surface area contributed by atoms with Crippen molar-refractivity contribution in [2.45, 2.75) is 290 Å². The van der Waals surface area contributed by atoms with Crippen molar-refractivity contribution < 1.29 is 42.1 Å². The Hall–Kier alpha value is -3.85. The van der Waals surface area contributed by atoms with E-state index in [0.717, 1.165) is 109 Å². The van der Waals surface area contributed by atoms with Gasteiger partial charge in [-0.15, -0.1) is 0 Å². The van der Waals surface area contributed by atoms with Gasteiger partial charge in [0.05, 0.1) is 27.7 Å². The first-order valence-electron chi connectivity index (χ1n) is 34.9. The number of rotatable bonds is 63. The lowest BCUT2D eigenvalue weighted by Gasteiger charge is -2.24. The Morgan fingerprint density at radius 2 is 0.663 bits per heavy atom. The van der Waals surface area contributed by atoms with Gasteiger partial charge >= 0.3 is 19.8 Å². The molecule has 2 unspecified atom stereocenters. The summed E-state index contributed by atoms with van der Waals surface area (Å²) in [7, 11) is 1.46. The molecule has 0 saturated heterocycles. The Kier molecular flexibility index (Phi) is 62.7. The third kappa shape index (κ3) is 69.3. The number of quaternary nitrogens is 1. The van der Waals surface area contributed by atoms with Crippen LogP contribution in [0.25, 0.3) is 0 Å². The van der Waals surface area contributed by atoms with Crippen LogP contribution in [0.2, 0.25) is 0 Å². The zero-order valence-electron chi connectivity index (χ0n) is 56.0. The van der Waals surface area contributed by atoms with E-state index in [1.807, 2.05) is 21.1 Å². The number of phosphoric ester groups is 1. The maximum absolute atomic E-state index is 12.9. The fraction of sp³-hybridized carbons (Fsp3) is 0.684. The topological polar surface area (TPSA) is 108 Å². The highest BCUT2D eigenvalue weighted by atomic mass is 31.2. The number of carbonyl (C=O) groups excluding carboxylic acids is 2. The van der Waals surface area contributed by atoms with Gasteiger partial charge < -0.3 is 18.9 Å². The third-order valence-corrected chi connectivity index (χ3v) is 15.6. The molecule has 1 N–H and O–H groups in total. The van der Waals surface area contributed by atoms with Gasteiger partial charge in [-0.05, 0) is 116 Å². The van der Waals surface area contributed by atoms with Crippen molar-refractivity contribution in [1.29, 1.82) is 0 Å². The van der Waals surface area contributed by atoms with Crippen LogP contribution in [0.3, 0.4) is 0 Å². The fourth-order valence-corrected chi connectivity index (χ4v) is 10.1. The number of phosphoric acid groups is 1. The Morgan fingerprint density at radius 1 is 0.372 bits per heavy atom. The fourth-order valence-electron chi connectivity index (χ4n) is 9.33. The van der Waals surface area contributed by atoms with Crippen LogP contribution < -0.4 is 0 Å². The molecule has 2 atom stereocenters. The lowest BCUT2D eigenvalue weighted by atomic mass is 10.0. The minimum atomic E-state index is -4.40. The van der Waals surface area contributed by atoms with E-state index < -0.39 is 26.5 Å². The molecule has 0 aromatic rings. The summed E-state index contributed by atoms with van der Waals surface area (Å²) in [5.74, 6) is -0.808. The summed E-state index contributed by atoms with van der Waals surface area (Å²) in [6.45, 7) is 4.32. The van der Waals surface area contributed by atoms with Crippen LogP contribution in [0.5, 0.6) is 0 Å². The summed E-state index contributed by atoms with van der Waals surface area (Å²) >= 11 is 0. The summed E-state index contributed by atoms with van der Waals surface area (Å²) in [5.41, 5.74) is 0. The van der Waals surface area contributed by atoms with Gasteiger partial charge in [0.15, 0.2) is 6.10 Å². The summed E-state index contributed by atoms with van der Waals surface area (Å²) in [6, 6.07) is 0. The lowest BCUT2D eigenvalue weighted by molar-refractivity contribution is -0.870. The Morgan fingerprint density at radius 3 is 1.00 bits per heavy atom. The first kappa shape index (κ1) is 82.1. The number of esters is 2. The van der Waals surface area contributed by atoms with Crippen LogP contribution >= 0.6 is 7.82 Å². The smallest absolute Gasteiger partial charge is 0.462 e. The number of allylic oxidation sites excluding steroid dienone is 22. The van der Waals surface area contributed by atoms with E-state index >= 15 is 0 Å². The van der Waals surface area contributed by atoms with Crippen LogP contribution in [0.4, 0.5) is 0 Å². The highest BCUT2D eigenvalue weighted by Crippen LogP contribution is 2.43. The molecule has 86 heavy (non-hydrogen) atoms. The van der Waals surface area contributed by atoms with E-state index in [-0.39, 0.29) is 32.0 Å². The van der Waals surface area contributed by atoms with E-state index in [1.54, 1.807) is 0 Å². The minimum absolute atomic E-state index is 0.0244. The molecule has 0 heterocycles. The Balaban J connectivity index is 4.12. The van der Waals surface area contributed by atoms with E-state index in [1.165, 1.54) is 141 Å². The maximum Gasteiger partial charge on any atom is 0.472 e. The highest BCUT2D eigenvalue weighted by Gasteiger charge is 2.27. The zero-order valence-corrected chi connectivity index (χ0v) is 56.9. The van der Waals surface area contributed by atoms with Crippen molar-refractivity contribution in [1.82, 2.24) is 0 Å². The molecule has 0 aliphatic heterocycles. The summed E-state index contributed by atoms with van der Waals surface area (Å²) in [5, 5.41) is 0. The van der Waals surface area contributed by atoms with Gasteiger partial charge in [-0.3, -0.25) is 18.6 Å². The standard InChI is InChI=1S/C76H130NO8P/c1-6-8-10-12-14-16-18-20-22-24-26-28-30-31-32-33-34-35-36-37-38-39-40-41-42-43-44-45-47-49-51-53-55-57-59-61-63-65-67-69-76(79)85-74(73-84-86(80,81)83-71-70-77(3,4)5)72-82-75(78)68-66-64-62-60-58-56-54-52-50-48-46-29-27-25-23-21-19-17-15-13-11-9-7-2/h8,10,14,16,20,22,25-28,31-32,34-35,37-38,40-41,43-44,47,49,74H,6-7,9,11-13,15,17-19,21,23-24,29-30,33,36,39,42,45-46,48,50-73H2,1-5H3/p+1/b10-8-,16-14-,22-20-,27-25-,28-26-,32-31-,35-34-,38-37-,41-40-,44-43-,49-47-. The Bertz CT molecular complexity index is 1910. The van der Waals surface area contributed by atoms with Crippen LogP contribution in [0.1, 0.15) is 284 Å². The molecule has 0 saturated carbocycles. The molecule has 0 amide bonds. The molecule has 492 valence electrons.